The first-order chi connectivity index (χ1) is 8.16. The molecule has 1 saturated heterocycles. The molecule has 0 bridgehead atoms. The lowest BCUT2D eigenvalue weighted by Gasteiger charge is -2.41. The number of nitrogens with zero attached hydrogens (tertiary/aromatic N) is 1. The molecule has 2 aliphatic rings. The van der Waals surface area contributed by atoms with Crippen molar-refractivity contribution in [2.24, 2.45) is 0 Å². The summed E-state index contributed by atoms with van der Waals surface area (Å²) in [5.74, 6) is 0.0705. The van der Waals surface area contributed by atoms with Crippen molar-refractivity contribution >= 4 is 5.91 Å². The van der Waals surface area contributed by atoms with Gasteiger partial charge in [0.15, 0.2) is 0 Å². The minimum Gasteiger partial charge on any atom is -0.391 e. The Hall–Kier alpha value is -0.610. The molecule has 2 atom stereocenters. The van der Waals surface area contributed by atoms with Gasteiger partial charge in [0.1, 0.15) is 0 Å². The molecule has 0 aromatic carbocycles. The molecule has 17 heavy (non-hydrogen) atoms. The van der Waals surface area contributed by atoms with Crippen LogP contribution < -0.4 is 5.32 Å². The van der Waals surface area contributed by atoms with Crippen LogP contribution in [0.4, 0.5) is 0 Å². The molecule has 0 radical (unpaired) electrons. The second kappa shape index (κ2) is 5.83. The normalized spacial score (nSPS) is 32.4. The van der Waals surface area contributed by atoms with E-state index in [1.54, 1.807) is 6.92 Å². The van der Waals surface area contributed by atoms with Crippen LogP contribution in [0.1, 0.15) is 45.4 Å². The van der Waals surface area contributed by atoms with Crippen molar-refractivity contribution in [1.29, 1.82) is 0 Å². The highest BCUT2D eigenvalue weighted by molar-refractivity contribution is 5.73. The molecule has 2 N–H and O–H groups in total. The average Bonchev–Trinajstić information content (AvgIpc) is 2.30. The number of hydrogen-bond donors (Lipinski definition) is 2. The van der Waals surface area contributed by atoms with Crippen LogP contribution in [0.5, 0.6) is 0 Å². The Morgan fingerprint density at radius 1 is 1.18 bits per heavy atom. The van der Waals surface area contributed by atoms with Gasteiger partial charge in [0, 0.05) is 32.1 Å². The molecular weight excluding hydrogens is 216 g/mol. The molecule has 0 spiro atoms. The smallest absolute Gasteiger partial charge is 0.217 e. The number of amides is 1. The van der Waals surface area contributed by atoms with Gasteiger partial charge < -0.3 is 10.4 Å². The van der Waals surface area contributed by atoms with Crippen LogP contribution in [0.15, 0.2) is 0 Å². The molecule has 1 aliphatic carbocycles. The first-order valence-electron chi connectivity index (χ1n) is 6.86. The number of aliphatic hydroxyl groups is 1. The van der Waals surface area contributed by atoms with Gasteiger partial charge in [-0.1, -0.05) is 12.8 Å². The monoisotopic (exact) mass is 240 g/mol. The number of rotatable bonds is 2. The zero-order chi connectivity index (χ0) is 12.3. The lowest BCUT2D eigenvalue weighted by Crippen LogP contribution is -2.52. The third-order valence-electron chi connectivity index (χ3n) is 4.10. The summed E-state index contributed by atoms with van der Waals surface area (Å²) in [5, 5.41) is 13.0. The summed E-state index contributed by atoms with van der Waals surface area (Å²) < 4.78 is 0. The van der Waals surface area contributed by atoms with Crippen LogP contribution >= 0.6 is 0 Å². The molecule has 0 aromatic heterocycles. The molecule has 0 aromatic rings. The van der Waals surface area contributed by atoms with E-state index < -0.39 is 0 Å². The van der Waals surface area contributed by atoms with E-state index in [2.05, 4.69) is 10.2 Å². The zero-order valence-corrected chi connectivity index (χ0v) is 10.7. The summed E-state index contributed by atoms with van der Waals surface area (Å²) in [6, 6.07) is 0.700. The summed E-state index contributed by atoms with van der Waals surface area (Å²) in [4.78, 5) is 13.4. The lowest BCUT2D eigenvalue weighted by molar-refractivity contribution is -0.120. The van der Waals surface area contributed by atoms with Crippen LogP contribution in [-0.2, 0) is 4.79 Å². The molecule has 1 aliphatic heterocycles. The number of carbonyl (C=O) groups is 1. The van der Waals surface area contributed by atoms with Gasteiger partial charge in [-0.15, -0.1) is 0 Å². The third-order valence-corrected chi connectivity index (χ3v) is 4.10. The Morgan fingerprint density at radius 3 is 2.41 bits per heavy atom. The first kappa shape index (κ1) is 12.8. The molecule has 1 saturated carbocycles. The summed E-state index contributed by atoms with van der Waals surface area (Å²) in [5.41, 5.74) is 0. The topological polar surface area (TPSA) is 52.6 Å². The van der Waals surface area contributed by atoms with Crippen molar-refractivity contribution < 1.29 is 9.90 Å². The highest BCUT2D eigenvalue weighted by Crippen LogP contribution is 2.25. The minimum atomic E-state index is -0.138. The quantitative estimate of drug-likeness (QED) is 0.753. The van der Waals surface area contributed by atoms with Gasteiger partial charge in [0.2, 0.25) is 5.91 Å². The second-order valence-corrected chi connectivity index (χ2v) is 5.43. The van der Waals surface area contributed by atoms with Crippen molar-refractivity contribution in [2.45, 2.75) is 63.6 Å². The maximum absolute atomic E-state index is 11.0. The first-order valence-corrected chi connectivity index (χ1v) is 6.86. The SMILES string of the molecule is CC(=O)NC1CCN(C2CCCCC2O)CC1. The lowest BCUT2D eigenvalue weighted by atomic mass is 9.89. The fourth-order valence-corrected chi connectivity index (χ4v) is 3.18. The number of likely N-dealkylation sites (tertiary alicyclic amines) is 1. The molecular formula is C13H24N2O2. The summed E-state index contributed by atoms with van der Waals surface area (Å²) in [6.45, 7) is 3.59. The highest BCUT2D eigenvalue weighted by atomic mass is 16.3. The average molecular weight is 240 g/mol. The van der Waals surface area contributed by atoms with Gasteiger partial charge >= 0.3 is 0 Å². The number of hydrogen-bond acceptors (Lipinski definition) is 3. The van der Waals surface area contributed by atoms with Crippen molar-refractivity contribution in [3.63, 3.8) is 0 Å². The summed E-state index contributed by atoms with van der Waals surface area (Å²) in [7, 11) is 0. The van der Waals surface area contributed by atoms with Crippen molar-refractivity contribution in [2.75, 3.05) is 13.1 Å². The van der Waals surface area contributed by atoms with Crippen molar-refractivity contribution in [1.82, 2.24) is 10.2 Å². The Bertz CT molecular complexity index is 262. The van der Waals surface area contributed by atoms with Gasteiger partial charge in [0.25, 0.3) is 0 Å². The fraction of sp³-hybridized carbons (Fsp3) is 0.923. The maximum Gasteiger partial charge on any atom is 0.217 e. The van der Waals surface area contributed by atoms with Gasteiger partial charge in [0.05, 0.1) is 6.10 Å². The standard InChI is InChI=1S/C13H24N2O2/c1-10(16)14-11-6-8-15(9-7-11)12-4-2-3-5-13(12)17/h11-13,17H,2-9H2,1H3,(H,14,16). The number of piperidine rings is 1. The largest absolute Gasteiger partial charge is 0.391 e. The molecule has 98 valence electrons. The Kier molecular flexibility index (Phi) is 4.40. The van der Waals surface area contributed by atoms with Gasteiger partial charge in [-0.05, 0) is 25.7 Å². The molecule has 1 amide bonds. The van der Waals surface area contributed by atoms with Crippen LogP contribution in [0.2, 0.25) is 0 Å². The fourth-order valence-electron chi connectivity index (χ4n) is 3.18. The van der Waals surface area contributed by atoms with Crippen LogP contribution in [0, 0.1) is 0 Å². The van der Waals surface area contributed by atoms with Crippen LogP contribution in [-0.4, -0.2) is 47.2 Å². The molecule has 2 fully saturated rings. The Labute approximate surface area is 103 Å². The third kappa shape index (κ3) is 3.42. The predicted octanol–water partition coefficient (Wildman–Crippen LogP) is 0.890. The minimum absolute atomic E-state index is 0.0705. The molecule has 4 nitrogen and oxygen atoms in total. The predicted molar refractivity (Wildman–Crippen MR) is 66.7 cm³/mol. The van der Waals surface area contributed by atoms with E-state index in [1.807, 2.05) is 0 Å². The maximum atomic E-state index is 11.0. The van der Waals surface area contributed by atoms with E-state index in [4.69, 9.17) is 0 Å². The molecule has 2 unspecified atom stereocenters. The highest BCUT2D eigenvalue weighted by Gasteiger charge is 2.31. The zero-order valence-electron chi connectivity index (χ0n) is 10.7. The number of nitrogens with one attached hydrogen (secondary N) is 1. The number of carbonyl (C=O) groups excluding carboxylic acids is 1. The van der Waals surface area contributed by atoms with E-state index in [9.17, 15) is 9.90 Å². The van der Waals surface area contributed by atoms with Gasteiger partial charge in [-0.3, -0.25) is 9.69 Å². The summed E-state index contributed by atoms with van der Waals surface area (Å²) >= 11 is 0. The summed E-state index contributed by atoms with van der Waals surface area (Å²) in [6.07, 6.45) is 6.39. The van der Waals surface area contributed by atoms with E-state index >= 15 is 0 Å². The van der Waals surface area contributed by atoms with Crippen molar-refractivity contribution in [3.8, 4) is 0 Å². The van der Waals surface area contributed by atoms with E-state index in [1.165, 1.54) is 12.8 Å². The van der Waals surface area contributed by atoms with E-state index in [-0.39, 0.29) is 12.0 Å². The molecule has 1 heterocycles. The van der Waals surface area contributed by atoms with Crippen LogP contribution in [0.3, 0.4) is 0 Å². The number of aliphatic hydroxyl groups excluding tert-OH is 1. The van der Waals surface area contributed by atoms with Crippen LogP contribution in [0.25, 0.3) is 0 Å². The second-order valence-electron chi connectivity index (χ2n) is 5.43. The van der Waals surface area contributed by atoms with E-state index in [0.717, 1.165) is 38.8 Å². The van der Waals surface area contributed by atoms with Gasteiger partial charge in [-0.2, -0.15) is 0 Å². The van der Waals surface area contributed by atoms with Gasteiger partial charge in [-0.25, -0.2) is 0 Å². The van der Waals surface area contributed by atoms with Crippen molar-refractivity contribution in [3.05, 3.63) is 0 Å². The van der Waals surface area contributed by atoms with E-state index in [0.29, 0.717) is 12.1 Å². The Morgan fingerprint density at radius 2 is 1.82 bits per heavy atom. The molecule has 4 heteroatoms. The molecule has 2 rings (SSSR count). The Balaban J connectivity index is 1.79.